The maximum absolute atomic E-state index is 11.7. The molecule has 2 rings (SSSR count). The number of anilines is 2. The lowest BCUT2D eigenvalue weighted by Gasteiger charge is -2.11. The van der Waals surface area contributed by atoms with Crippen LogP contribution in [0.2, 0.25) is 0 Å². The fraction of sp³-hybridized carbons (Fsp3) is 0.222. The van der Waals surface area contributed by atoms with Gasteiger partial charge in [0, 0.05) is 25.5 Å². The number of benzene rings is 2. The highest BCUT2D eigenvalue weighted by atomic mass is 16.2. The number of nitrogens with zero attached hydrogens (tertiary/aromatic N) is 2. The molecule has 0 heterocycles. The van der Waals surface area contributed by atoms with Gasteiger partial charge in [-0.3, -0.25) is 4.79 Å². The first-order chi connectivity index (χ1) is 11.0. The van der Waals surface area contributed by atoms with E-state index in [0.717, 1.165) is 22.5 Å². The molecule has 0 saturated carbocycles. The molecule has 0 unspecified atom stereocenters. The number of carbonyl (C=O) groups is 1. The zero-order valence-corrected chi connectivity index (χ0v) is 13.7. The summed E-state index contributed by atoms with van der Waals surface area (Å²) in [5, 5.41) is 7.03. The molecular formula is C18H22N4O. The summed E-state index contributed by atoms with van der Waals surface area (Å²) in [4.78, 5) is 13.8. The molecule has 2 aromatic carbocycles. The number of carbonyl (C=O) groups excluding carboxylic acids is 1. The monoisotopic (exact) mass is 310 g/mol. The van der Waals surface area contributed by atoms with Crippen molar-refractivity contribution in [2.75, 3.05) is 30.9 Å². The van der Waals surface area contributed by atoms with Crippen LogP contribution in [-0.2, 0) is 4.79 Å². The Hall–Kier alpha value is -2.82. The van der Waals surface area contributed by atoms with Gasteiger partial charge in [0.1, 0.15) is 0 Å². The Morgan fingerprint density at radius 2 is 1.91 bits per heavy atom. The third-order valence-electron chi connectivity index (χ3n) is 3.28. The first kappa shape index (κ1) is 16.5. The van der Waals surface area contributed by atoms with Crippen LogP contribution in [0.25, 0.3) is 0 Å². The van der Waals surface area contributed by atoms with E-state index in [2.05, 4.69) is 15.8 Å². The van der Waals surface area contributed by atoms with Crippen LogP contribution in [0.15, 0.2) is 53.6 Å². The van der Waals surface area contributed by atoms with Gasteiger partial charge in [0.15, 0.2) is 0 Å². The van der Waals surface area contributed by atoms with Crippen molar-refractivity contribution in [3.05, 3.63) is 59.7 Å². The summed E-state index contributed by atoms with van der Waals surface area (Å²) >= 11 is 0. The highest BCUT2D eigenvalue weighted by Gasteiger charge is 1.99. The van der Waals surface area contributed by atoms with E-state index in [1.807, 2.05) is 74.4 Å². The third kappa shape index (κ3) is 5.47. The highest BCUT2D eigenvalue weighted by Crippen LogP contribution is 2.11. The largest absolute Gasteiger partial charge is 0.378 e. The van der Waals surface area contributed by atoms with Crippen LogP contribution in [0.5, 0.6) is 0 Å². The van der Waals surface area contributed by atoms with Crippen molar-refractivity contribution in [3.8, 4) is 0 Å². The normalized spacial score (nSPS) is 10.6. The van der Waals surface area contributed by atoms with Crippen LogP contribution in [0, 0.1) is 6.92 Å². The minimum Gasteiger partial charge on any atom is -0.378 e. The quantitative estimate of drug-likeness (QED) is 0.637. The maximum atomic E-state index is 11.7. The second-order valence-electron chi connectivity index (χ2n) is 5.50. The average molecular weight is 310 g/mol. The lowest BCUT2D eigenvalue weighted by molar-refractivity contribution is -0.119. The van der Waals surface area contributed by atoms with Crippen LogP contribution < -0.4 is 15.6 Å². The van der Waals surface area contributed by atoms with Gasteiger partial charge in [0.05, 0.1) is 12.8 Å². The smallest absolute Gasteiger partial charge is 0.259 e. The highest BCUT2D eigenvalue weighted by molar-refractivity contribution is 5.84. The van der Waals surface area contributed by atoms with Crippen LogP contribution in [-0.4, -0.2) is 32.8 Å². The summed E-state index contributed by atoms with van der Waals surface area (Å²) in [7, 11) is 3.98. The number of rotatable bonds is 6. The molecule has 1 amide bonds. The molecule has 0 radical (unpaired) electrons. The maximum Gasteiger partial charge on any atom is 0.259 e. The molecule has 0 saturated heterocycles. The predicted molar refractivity (Wildman–Crippen MR) is 96.2 cm³/mol. The molecule has 2 N–H and O–H groups in total. The van der Waals surface area contributed by atoms with E-state index in [-0.39, 0.29) is 12.5 Å². The summed E-state index contributed by atoms with van der Waals surface area (Å²) in [5.41, 5.74) is 6.63. The number of hydrazone groups is 1. The zero-order chi connectivity index (χ0) is 16.7. The first-order valence-electron chi connectivity index (χ1n) is 7.44. The summed E-state index contributed by atoms with van der Waals surface area (Å²) in [5.74, 6) is -0.187. The molecule has 0 atom stereocenters. The van der Waals surface area contributed by atoms with E-state index < -0.39 is 0 Å². The molecule has 120 valence electrons. The predicted octanol–water partition coefficient (Wildman–Crippen LogP) is 2.62. The second kappa shape index (κ2) is 7.98. The number of aryl methyl sites for hydroxylation is 1. The molecule has 0 aliphatic carbocycles. The number of hydrogen-bond acceptors (Lipinski definition) is 4. The molecule has 0 spiro atoms. The Balaban J connectivity index is 1.79. The van der Waals surface area contributed by atoms with Crippen molar-refractivity contribution in [2.45, 2.75) is 6.92 Å². The van der Waals surface area contributed by atoms with E-state index in [1.165, 1.54) is 0 Å². The molecule has 0 aliphatic rings. The molecular weight excluding hydrogens is 288 g/mol. The van der Waals surface area contributed by atoms with E-state index >= 15 is 0 Å². The molecule has 0 aromatic heterocycles. The summed E-state index contributed by atoms with van der Waals surface area (Å²) in [6.07, 6.45) is 1.63. The topological polar surface area (TPSA) is 56.7 Å². The van der Waals surface area contributed by atoms with E-state index in [0.29, 0.717) is 0 Å². The van der Waals surface area contributed by atoms with Gasteiger partial charge in [0.25, 0.3) is 5.91 Å². The molecule has 0 bridgehead atoms. The standard InChI is InChI=1S/C18H22N4O/c1-14-5-4-6-16(11-14)19-13-18(23)21-20-12-15-7-9-17(10-8-15)22(2)3/h4-12,19H,13H2,1-3H3,(H,21,23)/b20-12+. The van der Waals surface area contributed by atoms with E-state index in [9.17, 15) is 4.79 Å². The SMILES string of the molecule is Cc1cccc(NCC(=O)N/N=C/c2ccc(N(C)C)cc2)c1. The van der Waals surface area contributed by atoms with E-state index in [1.54, 1.807) is 6.21 Å². The fourth-order valence-electron chi connectivity index (χ4n) is 2.01. The Bertz CT molecular complexity index is 678. The van der Waals surface area contributed by atoms with Crippen LogP contribution in [0.1, 0.15) is 11.1 Å². The van der Waals surface area contributed by atoms with Crippen molar-refractivity contribution < 1.29 is 4.79 Å². The van der Waals surface area contributed by atoms with Crippen molar-refractivity contribution >= 4 is 23.5 Å². The van der Waals surface area contributed by atoms with Gasteiger partial charge >= 0.3 is 0 Å². The van der Waals surface area contributed by atoms with E-state index in [4.69, 9.17) is 0 Å². The molecule has 5 heteroatoms. The van der Waals surface area contributed by atoms with Crippen LogP contribution in [0.4, 0.5) is 11.4 Å². The van der Waals surface area contributed by atoms with Crippen molar-refractivity contribution in [3.63, 3.8) is 0 Å². The van der Waals surface area contributed by atoms with Gasteiger partial charge in [0.2, 0.25) is 0 Å². The summed E-state index contributed by atoms with van der Waals surface area (Å²) in [6, 6.07) is 15.8. The molecule has 23 heavy (non-hydrogen) atoms. The van der Waals surface area contributed by atoms with Gasteiger partial charge in [-0.1, -0.05) is 24.3 Å². The molecule has 0 aliphatic heterocycles. The second-order valence-corrected chi connectivity index (χ2v) is 5.50. The third-order valence-corrected chi connectivity index (χ3v) is 3.28. The van der Waals surface area contributed by atoms with Crippen molar-refractivity contribution in [1.29, 1.82) is 0 Å². The first-order valence-corrected chi connectivity index (χ1v) is 7.44. The van der Waals surface area contributed by atoms with Crippen molar-refractivity contribution in [2.24, 2.45) is 5.10 Å². The van der Waals surface area contributed by atoms with Gasteiger partial charge < -0.3 is 10.2 Å². The number of amides is 1. The van der Waals surface area contributed by atoms with Crippen molar-refractivity contribution in [1.82, 2.24) is 5.43 Å². The molecule has 0 fully saturated rings. The van der Waals surface area contributed by atoms with Gasteiger partial charge in [-0.2, -0.15) is 5.10 Å². The van der Waals surface area contributed by atoms with Crippen LogP contribution >= 0.6 is 0 Å². The molecule has 2 aromatic rings. The number of nitrogens with one attached hydrogen (secondary N) is 2. The minimum absolute atomic E-state index is 0.181. The zero-order valence-electron chi connectivity index (χ0n) is 13.7. The summed E-state index contributed by atoms with van der Waals surface area (Å²) < 4.78 is 0. The fourth-order valence-corrected chi connectivity index (χ4v) is 2.01. The molecule has 5 nitrogen and oxygen atoms in total. The lowest BCUT2D eigenvalue weighted by atomic mass is 10.2. The van der Waals surface area contributed by atoms with Gasteiger partial charge in [-0.05, 0) is 42.3 Å². The van der Waals surface area contributed by atoms with Crippen LogP contribution in [0.3, 0.4) is 0 Å². The van der Waals surface area contributed by atoms with Gasteiger partial charge in [-0.25, -0.2) is 5.43 Å². The average Bonchev–Trinajstić information content (AvgIpc) is 2.53. The Labute approximate surface area is 137 Å². The number of hydrogen-bond donors (Lipinski definition) is 2. The minimum atomic E-state index is -0.187. The lowest BCUT2D eigenvalue weighted by Crippen LogP contribution is -2.25. The summed E-state index contributed by atoms with van der Waals surface area (Å²) in [6.45, 7) is 2.19. The Morgan fingerprint density at radius 3 is 2.57 bits per heavy atom. The van der Waals surface area contributed by atoms with Gasteiger partial charge in [-0.15, -0.1) is 0 Å². The Morgan fingerprint density at radius 1 is 1.17 bits per heavy atom. The Kier molecular flexibility index (Phi) is 5.74.